The Morgan fingerprint density at radius 1 is 1.22 bits per heavy atom. The number of carbonyl (C=O) groups excluding carboxylic acids is 1. The van der Waals surface area contributed by atoms with Crippen LogP contribution in [0.3, 0.4) is 0 Å². The number of halogens is 1. The predicted octanol–water partition coefficient (Wildman–Crippen LogP) is 3.04. The number of hydrazone groups is 1. The maximum Gasteiger partial charge on any atom is 0.277 e. The molecule has 0 bridgehead atoms. The second kappa shape index (κ2) is 8.33. The van der Waals surface area contributed by atoms with Crippen molar-refractivity contribution in [1.29, 1.82) is 0 Å². The van der Waals surface area contributed by atoms with E-state index >= 15 is 0 Å². The molecule has 2 aromatic carbocycles. The Kier molecular flexibility index (Phi) is 6.17. The zero-order valence-electron chi connectivity index (χ0n) is 13.0. The molecule has 0 spiro atoms. The van der Waals surface area contributed by atoms with Crippen molar-refractivity contribution in [2.45, 2.75) is 0 Å². The van der Waals surface area contributed by atoms with Gasteiger partial charge in [0.25, 0.3) is 5.91 Å². The van der Waals surface area contributed by atoms with Gasteiger partial charge in [0.2, 0.25) is 0 Å². The molecule has 0 radical (unpaired) electrons. The van der Waals surface area contributed by atoms with Crippen LogP contribution in [0.25, 0.3) is 0 Å². The molecule has 23 heavy (non-hydrogen) atoms. The van der Waals surface area contributed by atoms with Crippen LogP contribution in [0.4, 0.5) is 5.69 Å². The van der Waals surface area contributed by atoms with Gasteiger partial charge in [-0.2, -0.15) is 5.10 Å². The third-order valence-electron chi connectivity index (χ3n) is 3.01. The fourth-order valence-corrected chi connectivity index (χ4v) is 2.17. The van der Waals surface area contributed by atoms with Crippen molar-refractivity contribution >= 4 is 33.7 Å². The zero-order valence-corrected chi connectivity index (χ0v) is 14.6. The molecule has 6 heteroatoms. The number of nitrogens with zero attached hydrogens (tertiary/aromatic N) is 2. The summed E-state index contributed by atoms with van der Waals surface area (Å²) in [5, 5.41) is 3.92. The molecule has 0 unspecified atom stereocenters. The molecule has 2 rings (SSSR count). The Hall–Kier alpha value is -2.34. The van der Waals surface area contributed by atoms with E-state index in [-0.39, 0.29) is 12.5 Å². The van der Waals surface area contributed by atoms with Gasteiger partial charge in [-0.15, -0.1) is 0 Å². The molecular weight excluding hydrogens is 358 g/mol. The van der Waals surface area contributed by atoms with Crippen LogP contribution < -0.4 is 15.1 Å². The van der Waals surface area contributed by atoms with Gasteiger partial charge in [-0.25, -0.2) is 5.43 Å². The van der Waals surface area contributed by atoms with Crippen molar-refractivity contribution in [2.24, 2.45) is 5.10 Å². The monoisotopic (exact) mass is 375 g/mol. The normalized spacial score (nSPS) is 10.6. The summed E-state index contributed by atoms with van der Waals surface area (Å²) in [6.45, 7) is -0.0977. The number of hydrogen-bond donors (Lipinski definition) is 1. The minimum Gasteiger partial charge on any atom is -0.483 e. The van der Waals surface area contributed by atoms with Crippen molar-refractivity contribution in [3.63, 3.8) is 0 Å². The lowest BCUT2D eigenvalue weighted by atomic mass is 10.2. The van der Waals surface area contributed by atoms with Crippen LogP contribution in [-0.4, -0.2) is 32.8 Å². The molecular formula is C17H18BrN3O2. The first-order valence-corrected chi connectivity index (χ1v) is 7.82. The number of benzene rings is 2. The lowest BCUT2D eigenvalue weighted by Gasteiger charge is -2.11. The van der Waals surface area contributed by atoms with Crippen molar-refractivity contribution < 1.29 is 9.53 Å². The smallest absolute Gasteiger partial charge is 0.277 e. The van der Waals surface area contributed by atoms with E-state index in [4.69, 9.17) is 4.74 Å². The lowest BCUT2D eigenvalue weighted by Crippen LogP contribution is -2.24. The molecule has 0 heterocycles. The second-order valence-electron chi connectivity index (χ2n) is 5.00. The Morgan fingerprint density at radius 3 is 2.57 bits per heavy atom. The number of para-hydroxylation sites is 1. The number of amides is 1. The summed E-state index contributed by atoms with van der Waals surface area (Å²) in [4.78, 5) is 13.7. The number of ether oxygens (including phenoxy) is 1. The summed E-state index contributed by atoms with van der Waals surface area (Å²) in [6.07, 6.45) is 1.59. The molecule has 0 aliphatic carbocycles. The molecule has 1 amide bonds. The second-order valence-corrected chi connectivity index (χ2v) is 5.85. The van der Waals surface area contributed by atoms with E-state index in [1.807, 2.05) is 61.5 Å². The summed E-state index contributed by atoms with van der Waals surface area (Å²) in [7, 11) is 3.96. The first-order chi connectivity index (χ1) is 11.1. The maximum absolute atomic E-state index is 11.7. The molecule has 0 saturated carbocycles. The third-order valence-corrected chi connectivity index (χ3v) is 3.66. The van der Waals surface area contributed by atoms with Gasteiger partial charge in [-0.05, 0) is 45.8 Å². The Morgan fingerprint density at radius 2 is 1.91 bits per heavy atom. The average molecular weight is 376 g/mol. The van der Waals surface area contributed by atoms with Crippen molar-refractivity contribution in [3.8, 4) is 5.75 Å². The molecule has 0 atom stereocenters. The van der Waals surface area contributed by atoms with Crippen molar-refractivity contribution in [3.05, 3.63) is 58.6 Å². The van der Waals surface area contributed by atoms with Gasteiger partial charge in [-0.3, -0.25) is 4.79 Å². The highest BCUT2D eigenvalue weighted by molar-refractivity contribution is 9.10. The van der Waals surface area contributed by atoms with Gasteiger partial charge in [0.05, 0.1) is 10.7 Å². The van der Waals surface area contributed by atoms with Gasteiger partial charge >= 0.3 is 0 Å². The minimum absolute atomic E-state index is 0.0977. The third kappa shape index (κ3) is 5.41. The maximum atomic E-state index is 11.7. The Labute approximate surface area is 144 Å². The van der Waals surface area contributed by atoms with E-state index in [9.17, 15) is 4.79 Å². The van der Waals surface area contributed by atoms with Gasteiger partial charge in [0.15, 0.2) is 6.61 Å². The van der Waals surface area contributed by atoms with Gasteiger partial charge in [0.1, 0.15) is 5.75 Å². The largest absolute Gasteiger partial charge is 0.483 e. The van der Waals surface area contributed by atoms with E-state index in [1.54, 1.807) is 12.3 Å². The molecule has 0 aromatic heterocycles. The molecule has 5 nitrogen and oxygen atoms in total. The molecule has 0 saturated heterocycles. The summed E-state index contributed by atoms with van der Waals surface area (Å²) in [5.41, 5.74) is 4.45. The topological polar surface area (TPSA) is 53.9 Å². The van der Waals surface area contributed by atoms with E-state index in [0.717, 1.165) is 15.7 Å². The number of hydrogen-bond acceptors (Lipinski definition) is 4. The molecule has 1 N–H and O–H groups in total. The van der Waals surface area contributed by atoms with Gasteiger partial charge in [-0.1, -0.05) is 24.3 Å². The van der Waals surface area contributed by atoms with Crippen LogP contribution in [0.15, 0.2) is 58.1 Å². The summed E-state index contributed by atoms with van der Waals surface area (Å²) < 4.78 is 6.21. The van der Waals surface area contributed by atoms with E-state index < -0.39 is 0 Å². The highest BCUT2D eigenvalue weighted by atomic mass is 79.9. The number of rotatable bonds is 6. The van der Waals surface area contributed by atoms with E-state index in [1.165, 1.54) is 0 Å². The molecule has 0 fully saturated rings. The van der Waals surface area contributed by atoms with Crippen LogP contribution in [0.2, 0.25) is 0 Å². The van der Waals surface area contributed by atoms with Crippen LogP contribution in [0.1, 0.15) is 5.56 Å². The van der Waals surface area contributed by atoms with Crippen LogP contribution in [-0.2, 0) is 4.79 Å². The number of carbonyl (C=O) groups is 1. The zero-order chi connectivity index (χ0) is 16.7. The summed E-state index contributed by atoms with van der Waals surface area (Å²) >= 11 is 3.36. The summed E-state index contributed by atoms with van der Waals surface area (Å²) in [5.74, 6) is 0.299. The van der Waals surface area contributed by atoms with Crippen molar-refractivity contribution in [1.82, 2.24) is 5.43 Å². The first kappa shape index (κ1) is 17.0. The highest BCUT2D eigenvalue weighted by Crippen LogP contribution is 2.23. The molecule has 2 aromatic rings. The standard InChI is InChI=1S/C17H18BrN3O2/c1-21(2)14-9-7-13(8-10-14)11-19-20-17(22)12-23-16-6-4-3-5-15(16)18/h3-11H,12H2,1-2H3,(H,20,22). The van der Waals surface area contributed by atoms with Gasteiger partial charge in [0, 0.05) is 19.8 Å². The molecule has 0 aliphatic heterocycles. The fraction of sp³-hybridized carbons (Fsp3) is 0.176. The van der Waals surface area contributed by atoms with Crippen LogP contribution in [0, 0.1) is 0 Å². The van der Waals surface area contributed by atoms with Crippen LogP contribution >= 0.6 is 15.9 Å². The van der Waals surface area contributed by atoms with Gasteiger partial charge < -0.3 is 9.64 Å². The minimum atomic E-state index is -0.318. The Balaban J connectivity index is 1.80. The first-order valence-electron chi connectivity index (χ1n) is 7.03. The molecule has 0 aliphatic rings. The number of nitrogens with one attached hydrogen (secondary N) is 1. The summed E-state index contributed by atoms with van der Waals surface area (Å²) in [6, 6.07) is 15.2. The van der Waals surface area contributed by atoms with Crippen LogP contribution in [0.5, 0.6) is 5.75 Å². The Bertz CT molecular complexity index is 684. The highest BCUT2D eigenvalue weighted by Gasteiger charge is 2.03. The quantitative estimate of drug-likeness (QED) is 0.623. The van der Waals surface area contributed by atoms with E-state index in [0.29, 0.717) is 5.75 Å². The predicted molar refractivity (Wildman–Crippen MR) is 96.1 cm³/mol. The fourth-order valence-electron chi connectivity index (χ4n) is 1.77. The SMILES string of the molecule is CN(C)c1ccc(C=NNC(=O)COc2ccccc2Br)cc1. The van der Waals surface area contributed by atoms with Crippen molar-refractivity contribution in [2.75, 3.05) is 25.6 Å². The average Bonchev–Trinajstić information content (AvgIpc) is 2.54. The van der Waals surface area contributed by atoms with E-state index in [2.05, 4.69) is 26.5 Å². The lowest BCUT2D eigenvalue weighted by molar-refractivity contribution is -0.123. The number of anilines is 1. The molecule has 120 valence electrons.